The van der Waals surface area contributed by atoms with Gasteiger partial charge in [0.1, 0.15) is 0 Å². The van der Waals surface area contributed by atoms with Crippen LogP contribution >= 0.6 is 0 Å². The molecule has 0 aliphatic heterocycles. The summed E-state index contributed by atoms with van der Waals surface area (Å²) in [5.41, 5.74) is 4.98. The molecule has 1 aliphatic rings. The van der Waals surface area contributed by atoms with Crippen molar-refractivity contribution in [2.24, 2.45) is 11.3 Å². The molecule has 1 fully saturated rings. The van der Waals surface area contributed by atoms with Gasteiger partial charge in [-0.25, -0.2) is 0 Å². The number of hydrogen-bond acceptors (Lipinski definition) is 2. The van der Waals surface area contributed by atoms with Gasteiger partial charge in [-0.1, -0.05) is 57.5 Å². The minimum atomic E-state index is 0.496. The molecule has 112 valence electrons. The molecule has 1 N–H and O–H groups in total. The lowest BCUT2D eigenvalue weighted by Gasteiger charge is -2.38. The first-order valence-corrected chi connectivity index (χ1v) is 8.03. The maximum absolute atomic E-state index is 5.66. The van der Waals surface area contributed by atoms with Crippen molar-refractivity contribution >= 4 is 0 Å². The highest BCUT2D eigenvalue weighted by Crippen LogP contribution is 2.40. The molecule has 0 saturated heterocycles. The van der Waals surface area contributed by atoms with Crippen LogP contribution in [0.1, 0.15) is 58.4 Å². The van der Waals surface area contributed by atoms with Gasteiger partial charge in [0.05, 0.1) is 6.61 Å². The van der Waals surface area contributed by atoms with Crippen LogP contribution in [0.5, 0.6) is 0 Å². The molecule has 0 amide bonds. The lowest BCUT2D eigenvalue weighted by atomic mass is 9.69. The first-order valence-electron chi connectivity index (χ1n) is 8.03. The number of benzene rings is 1. The van der Waals surface area contributed by atoms with Crippen molar-refractivity contribution < 1.29 is 4.84 Å². The molecule has 0 spiro atoms. The fraction of sp³-hybridized carbons (Fsp3) is 0.667. The Balaban J connectivity index is 1.67. The lowest BCUT2D eigenvalue weighted by molar-refractivity contribution is -0.0142. The first kappa shape index (κ1) is 15.5. The van der Waals surface area contributed by atoms with Crippen molar-refractivity contribution in [1.82, 2.24) is 5.48 Å². The van der Waals surface area contributed by atoms with E-state index >= 15 is 0 Å². The Bertz CT molecular complexity index is 380. The molecular formula is C18H29NO. The smallest absolute Gasteiger partial charge is 0.0933 e. The molecule has 1 aromatic rings. The molecule has 0 unspecified atom stereocenters. The minimum absolute atomic E-state index is 0.496. The van der Waals surface area contributed by atoms with Gasteiger partial charge in [0.2, 0.25) is 0 Å². The molecule has 1 aromatic carbocycles. The van der Waals surface area contributed by atoms with E-state index in [-0.39, 0.29) is 0 Å². The summed E-state index contributed by atoms with van der Waals surface area (Å²) in [6, 6.07) is 10.9. The average molecular weight is 275 g/mol. The summed E-state index contributed by atoms with van der Waals surface area (Å²) in [5.74, 6) is 0.875. The van der Waals surface area contributed by atoms with Crippen LogP contribution in [-0.4, -0.2) is 6.04 Å². The predicted molar refractivity (Wildman–Crippen MR) is 84.2 cm³/mol. The number of hydrogen-bond donors (Lipinski definition) is 1. The monoisotopic (exact) mass is 275 g/mol. The van der Waals surface area contributed by atoms with Gasteiger partial charge in [-0.3, -0.25) is 4.84 Å². The van der Waals surface area contributed by atoms with Crippen molar-refractivity contribution in [3.05, 3.63) is 35.9 Å². The zero-order chi connectivity index (χ0) is 14.4. The van der Waals surface area contributed by atoms with E-state index in [0.717, 1.165) is 5.92 Å². The van der Waals surface area contributed by atoms with Crippen LogP contribution in [0.15, 0.2) is 30.3 Å². The number of hydroxylamine groups is 1. The van der Waals surface area contributed by atoms with E-state index in [1.807, 2.05) is 6.07 Å². The van der Waals surface area contributed by atoms with E-state index in [4.69, 9.17) is 4.84 Å². The third-order valence-corrected chi connectivity index (χ3v) is 5.08. The molecule has 2 heteroatoms. The van der Waals surface area contributed by atoms with E-state index in [9.17, 15) is 0 Å². The van der Waals surface area contributed by atoms with E-state index < -0.39 is 0 Å². The van der Waals surface area contributed by atoms with Crippen LogP contribution in [0.2, 0.25) is 0 Å². The third-order valence-electron chi connectivity index (χ3n) is 5.08. The summed E-state index contributed by atoms with van der Waals surface area (Å²) in [5, 5.41) is 0. The SMILES string of the molecule is CCC(C)(C)C1CCC(NOCc2ccccc2)CC1. The molecule has 0 bridgehead atoms. The van der Waals surface area contributed by atoms with Crippen LogP contribution in [-0.2, 0) is 11.4 Å². The second-order valence-corrected chi connectivity index (χ2v) is 6.78. The van der Waals surface area contributed by atoms with Gasteiger partial charge in [-0.15, -0.1) is 0 Å². The molecule has 0 radical (unpaired) electrons. The Kier molecular flexibility index (Phi) is 5.62. The lowest BCUT2D eigenvalue weighted by Crippen LogP contribution is -2.36. The highest BCUT2D eigenvalue weighted by molar-refractivity contribution is 5.13. The fourth-order valence-corrected chi connectivity index (χ4v) is 3.10. The van der Waals surface area contributed by atoms with E-state index in [1.54, 1.807) is 0 Å². The molecule has 1 saturated carbocycles. The standard InChI is InChI=1S/C18H29NO/c1-4-18(2,3)16-10-12-17(13-11-16)19-20-14-15-8-6-5-7-9-15/h5-9,16-17,19H,4,10-14H2,1-3H3. The largest absolute Gasteiger partial charge is 0.297 e. The van der Waals surface area contributed by atoms with Crippen LogP contribution in [0.4, 0.5) is 0 Å². The molecule has 2 rings (SSSR count). The minimum Gasteiger partial charge on any atom is -0.297 e. The quantitative estimate of drug-likeness (QED) is 0.760. The van der Waals surface area contributed by atoms with Crippen LogP contribution in [0, 0.1) is 11.3 Å². The molecule has 2 nitrogen and oxygen atoms in total. The molecule has 0 heterocycles. The molecule has 1 aliphatic carbocycles. The molecule has 0 atom stereocenters. The van der Waals surface area contributed by atoms with E-state index in [2.05, 4.69) is 50.5 Å². The van der Waals surface area contributed by atoms with E-state index in [1.165, 1.54) is 37.7 Å². The van der Waals surface area contributed by atoms with E-state index in [0.29, 0.717) is 18.1 Å². The summed E-state index contributed by atoms with van der Waals surface area (Å²) in [6.07, 6.45) is 6.41. The summed E-state index contributed by atoms with van der Waals surface area (Å²) < 4.78 is 0. The second kappa shape index (κ2) is 7.24. The first-order chi connectivity index (χ1) is 9.62. The molecule has 20 heavy (non-hydrogen) atoms. The Hall–Kier alpha value is -0.860. The Morgan fingerprint density at radius 1 is 1.10 bits per heavy atom. The topological polar surface area (TPSA) is 21.3 Å². The Labute approximate surface area is 123 Å². The highest BCUT2D eigenvalue weighted by Gasteiger charge is 2.31. The van der Waals surface area contributed by atoms with Gasteiger partial charge in [0.15, 0.2) is 0 Å². The van der Waals surface area contributed by atoms with Crippen LogP contribution in [0.3, 0.4) is 0 Å². The maximum Gasteiger partial charge on any atom is 0.0933 e. The predicted octanol–water partition coefficient (Wildman–Crippen LogP) is 4.70. The second-order valence-electron chi connectivity index (χ2n) is 6.78. The molecule has 0 aromatic heterocycles. The number of rotatable bonds is 6. The fourth-order valence-electron chi connectivity index (χ4n) is 3.10. The van der Waals surface area contributed by atoms with Crippen LogP contribution in [0.25, 0.3) is 0 Å². The zero-order valence-electron chi connectivity index (χ0n) is 13.2. The Morgan fingerprint density at radius 3 is 2.35 bits per heavy atom. The van der Waals surface area contributed by atoms with Crippen molar-refractivity contribution in [3.63, 3.8) is 0 Å². The van der Waals surface area contributed by atoms with Gasteiger partial charge < -0.3 is 0 Å². The van der Waals surface area contributed by atoms with Crippen molar-refractivity contribution in [2.45, 2.75) is 65.5 Å². The highest BCUT2D eigenvalue weighted by atomic mass is 16.6. The summed E-state index contributed by atoms with van der Waals surface area (Å²) >= 11 is 0. The van der Waals surface area contributed by atoms with Crippen molar-refractivity contribution in [1.29, 1.82) is 0 Å². The Morgan fingerprint density at radius 2 is 1.75 bits per heavy atom. The van der Waals surface area contributed by atoms with Gasteiger partial charge in [-0.05, 0) is 42.6 Å². The van der Waals surface area contributed by atoms with Crippen LogP contribution < -0.4 is 5.48 Å². The van der Waals surface area contributed by atoms with Crippen molar-refractivity contribution in [3.8, 4) is 0 Å². The summed E-state index contributed by atoms with van der Waals surface area (Å²) in [6.45, 7) is 7.79. The average Bonchev–Trinajstić information content (AvgIpc) is 2.49. The summed E-state index contributed by atoms with van der Waals surface area (Å²) in [4.78, 5) is 5.66. The van der Waals surface area contributed by atoms with Gasteiger partial charge in [0.25, 0.3) is 0 Å². The molecular weight excluding hydrogens is 246 g/mol. The zero-order valence-corrected chi connectivity index (χ0v) is 13.2. The maximum atomic E-state index is 5.66. The van der Waals surface area contributed by atoms with Gasteiger partial charge >= 0.3 is 0 Å². The summed E-state index contributed by atoms with van der Waals surface area (Å²) in [7, 11) is 0. The van der Waals surface area contributed by atoms with Crippen molar-refractivity contribution in [2.75, 3.05) is 0 Å². The van der Waals surface area contributed by atoms with Gasteiger partial charge in [0, 0.05) is 6.04 Å². The normalized spacial score (nSPS) is 23.8. The van der Waals surface area contributed by atoms with Gasteiger partial charge in [-0.2, -0.15) is 5.48 Å². The number of nitrogens with one attached hydrogen (secondary N) is 1. The third kappa shape index (κ3) is 4.32.